The van der Waals surface area contributed by atoms with Crippen LogP contribution in [0.2, 0.25) is 0 Å². The van der Waals surface area contributed by atoms with Gasteiger partial charge in [0, 0.05) is 43.1 Å². The van der Waals surface area contributed by atoms with E-state index in [0.29, 0.717) is 5.56 Å². The number of nitriles is 1. The van der Waals surface area contributed by atoms with Gasteiger partial charge in [-0.2, -0.15) is 5.26 Å². The number of benzene rings is 9. The van der Waals surface area contributed by atoms with Crippen molar-refractivity contribution in [3.8, 4) is 28.8 Å². The minimum absolute atomic E-state index is 0.573. The Bertz CT molecular complexity index is 3510. The summed E-state index contributed by atoms with van der Waals surface area (Å²) >= 11 is 0. The van der Waals surface area contributed by atoms with Gasteiger partial charge in [0.1, 0.15) is 11.6 Å². The Morgan fingerprint density at radius 1 is 0.267 bits per heavy atom. The highest BCUT2D eigenvalue weighted by Crippen LogP contribution is 2.46. The maximum Gasteiger partial charge on any atom is 0.104 e. The van der Waals surface area contributed by atoms with Gasteiger partial charge in [-0.1, -0.05) is 146 Å². The smallest absolute Gasteiger partial charge is 0.104 e. The number of rotatable bonds is 4. The van der Waals surface area contributed by atoms with Crippen LogP contribution >= 0.6 is 0 Å². The molecule has 278 valence electrons. The number of para-hydroxylation sites is 8. The van der Waals surface area contributed by atoms with Crippen molar-refractivity contribution in [3.05, 3.63) is 206 Å². The molecule has 0 amide bonds. The molecule has 9 aromatic carbocycles. The van der Waals surface area contributed by atoms with Gasteiger partial charge in [-0.15, -0.1) is 0 Å². The molecule has 0 unspecified atom stereocenters. The summed E-state index contributed by atoms with van der Waals surface area (Å²) in [4.78, 5) is 0. The molecule has 13 aromatic rings. The Morgan fingerprint density at radius 2 is 0.467 bits per heavy atom. The minimum Gasteiger partial charge on any atom is -0.307 e. The quantitative estimate of drug-likeness (QED) is 0.176. The lowest BCUT2D eigenvalue weighted by atomic mass is 10.0. The Balaban J connectivity index is 1.35. The molecule has 0 aliphatic heterocycles. The zero-order chi connectivity index (χ0) is 39.5. The first-order chi connectivity index (χ1) is 29.8. The second kappa shape index (κ2) is 12.3. The molecule has 0 bridgehead atoms. The van der Waals surface area contributed by atoms with Gasteiger partial charge in [0.05, 0.1) is 66.9 Å². The van der Waals surface area contributed by atoms with Gasteiger partial charge in [-0.3, -0.25) is 0 Å². The molecule has 60 heavy (non-hydrogen) atoms. The van der Waals surface area contributed by atoms with Gasteiger partial charge in [0.25, 0.3) is 0 Å². The molecule has 5 heteroatoms. The summed E-state index contributed by atoms with van der Waals surface area (Å²) < 4.78 is 9.46. The van der Waals surface area contributed by atoms with Gasteiger partial charge in [-0.25, -0.2) is 0 Å². The zero-order valence-electron chi connectivity index (χ0n) is 32.3. The van der Waals surface area contributed by atoms with E-state index < -0.39 is 0 Å². The lowest BCUT2D eigenvalue weighted by Gasteiger charge is -2.25. The molecule has 0 N–H and O–H groups in total. The summed E-state index contributed by atoms with van der Waals surface area (Å²) in [7, 11) is 0. The van der Waals surface area contributed by atoms with Crippen molar-refractivity contribution >= 4 is 87.2 Å². The summed E-state index contributed by atoms with van der Waals surface area (Å²) in [5.74, 6) is 0. The molecule has 0 fully saturated rings. The third-order valence-corrected chi connectivity index (χ3v) is 12.6. The Kier molecular flexibility index (Phi) is 6.73. The highest BCUT2D eigenvalue weighted by molar-refractivity contribution is 6.15. The largest absolute Gasteiger partial charge is 0.307 e. The van der Waals surface area contributed by atoms with E-state index in [1.807, 2.05) is 0 Å². The summed E-state index contributed by atoms with van der Waals surface area (Å²) in [6, 6.07) is 74.2. The Morgan fingerprint density at radius 3 is 0.683 bits per heavy atom. The Hall–Kier alpha value is -8.33. The van der Waals surface area contributed by atoms with Crippen molar-refractivity contribution in [2.45, 2.75) is 0 Å². The van der Waals surface area contributed by atoms with Gasteiger partial charge in [-0.05, 0) is 54.6 Å². The van der Waals surface area contributed by atoms with E-state index in [-0.39, 0.29) is 0 Å². The molecule has 0 spiro atoms. The number of hydrogen-bond acceptors (Lipinski definition) is 1. The molecule has 0 aliphatic carbocycles. The predicted octanol–water partition coefficient (Wildman–Crippen LogP) is 13.9. The first-order valence-corrected chi connectivity index (χ1v) is 20.4. The molecular weight excluding hydrogens is 731 g/mol. The van der Waals surface area contributed by atoms with E-state index in [4.69, 9.17) is 0 Å². The number of aromatic nitrogens is 4. The minimum atomic E-state index is 0.573. The topological polar surface area (TPSA) is 43.5 Å². The lowest BCUT2D eigenvalue weighted by Crippen LogP contribution is -2.13. The standard InChI is InChI=1S/C55H33N5/c56-34-43-54(59-48-29-13-5-21-39(48)40-22-6-14-30-49(40)59)52(57-44-25-9-1-17-35(44)36-18-2-10-26-45(36)57)33-53(58-46-27-11-3-19-37(46)38-20-4-12-28-47(38)58)55(43)60-50-31-15-7-23-41(50)42-24-8-16-32-51(42)60/h1-33H. The fourth-order valence-corrected chi connectivity index (χ4v) is 10.2. The first kappa shape index (κ1) is 32.7. The van der Waals surface area contributed by atoms with Crippen LogP contribution in [0, 0.1) is 11.3 Å². The molecule has 0 aliphatic rings. The molecule has 0 radical (unpaired) electrons. The summed E-state index contributed by atoms with van der Waals surface area (Å²) in [6.07, 6.45) is 0. The van der Waals surface area contributed by atoms with Crippen LogP contribution in [0.3, 0.4) is 0 Å². The van der Waals surface area contributed by atoms with E-state index in [1.54, 1.807) is 0 Å². The van der Waals surface area contributed by atoms with Gasteiger partial charge < -0.3 is 18.3 Å². The van der Waals surface area contributed by atoms with E-state index in [9.17, 15) is 5.26 Å². The maximum atomic E-state index is 12.2. The van der Waals surface area contributed by atoms with Crippen LogP contribution in [0.25, 0.3) is 110 Å². The number of hydrogen-bond donors (Lipinski definition) is 0. The van der Waals surface area contributed by atoms with E-state index in [2.05, 4.69) is 225 Å². The fourth-order valence-electron chi connectivity index (χ4n) is 10.2. The highest BCUT2D eigenvalue weighted by Gasteiger charge is 2.30. The molecule has 0 saturated heterocycles. The monoisotopic (exact) mass is 763 g/mol. The van der Waals surface area contributed by atoms with Crippen LogP contribution < -0.4 is 0 Å². The van der Waals surface area contributed by atoms with Crippen molar-refractivity contribution in [2.75, 3.05) is 0 Å². The highest BCUT2D eigenvalue weighted by atomic mass is 15.1. The molecule has 5 nitrogen and oxygen atoms in total. The van der Waals surface area contributed by atoms with E-state index in [0.717, 1.165) is 110 Å². The van der Waals surface area contributed by atoms with Crippen LogP contribution in [0.5, 0.6) is 0 Å². The van der Waals surface area contributed by atoms with Crippen molar-refractivity contribution in [1.29, 1.82) is 5.26 Å². The average molecular weight is 764 g/mol. The fraction of sp³-hybridized carbons (Fsp3) is 0. The van der Waals surface area contributed by atoms with Crippen molar-refractivity contribution in [3.63, 3.8) is 0 Å². The Labute approximate surface area is 344 Å². The summed E-state index contributed by atoms with van der Waals surface area (Å²) in [5.41, 5.74) is 12.5. The average Bonchev–Trinajstić information content (AvgIpc) is 4.04. The second-order valence-corrected chi connectivity index (χ2v) is 15.6. The molecular formula is C55H33N5. The van der Waals surface area contributed by atoms with Gasteiger partial charge >= 0.3 is 0 Å². The molecule has 13 rings (SSSR count). The normalized spacial score (nSPS) is 12.0. The SMILES string of the molecule is N#Cc1c(-n2c3ccccc3c3ccccc32)c(-n2c3ccccc3c3ccccc32)cc(-n2c3ccccc3c3ccccc32)c1-n1c2ccccc2c2ccccc21. The molecule has 4 aromatic heterocycles. The van der Waals surface area contributed by atoms with Gasteiger partial charge in [0.2, 0.25) is 0 Å². The molecule has 0 saturated carbocycles. The predicted molar refractivity (Wildman–Crippen MR) is 249 cm³/mol. The number of nitrogens with zero attached hydrogens (tertiary/aromatic N) is 5. The third-order valence-electron chi connectivity index (χ3n) is 12.6. The molecule has 4 heterocycles. The van der Waals surface area contributed by atoms with Crippen LogP contribution in [-0.4, -0.2) is 18.3 Å². The summed E-state index contributed by atoms with van der Waals surface area (Å²) in [5, 5.41) is 21.4. The first-order valence-electron chi connectivity index (χ1n) is 20.4. The van der Waals surface area contributed by atoms with Gasteiger partial charge in [0.15, 0.2) is 0 Å². The van der Waals surface area contributed by atoms with Crippen molar-refractivity contribution in [2.24, 2.45) is 0 Å². The molecule has 0 atom stereocenters. The zero-order valence-corrected chi connectivity index (χ0v) is 32.3. The van der Waals surface area contributed by atoms with Crippen LogP contribution in [0.1, 0.15) is 5.56 Å². The van der Waals surface area contributed by atoms with Crippen molar-refractivity contribution in [1.82, 2.24) is 18.3 Å². The van der Waals surface area contributed by atoms with E-state index >= 15 is 0 Å². The lowest BCUT2D eigenvalue weighted by molar-refractivity contribution is 1.03. The summed E-state index contributed by atoms with van der Waals surface area (Å²) in [6.45, 7) is 0. The second-order valence-electron chi connectivity index (χ2n) is 15.6. The third kappa shape index (κ3) is 4.29. The van der Waals surface area contributed by atoms with Crippen LogP contribution in [0.4, 0.5) is 0 Å². The van der Waals surface area contributed by atoms with Crippen LogP contribution in [-0.2, 0) is 0 Å². The van der Waals surface area contributed by atoms with E-state index in [1.165, 1.54) is 0 Å². The number of fused-ring (bicyclic) bond motifs is 12. The van der Waals surface area contributed by atoms with Crippen molar-refractivity contribution < 1.29 is 0 Å². The van der Waals surface area contributed by atoms with Crippen LogP contribution in [0.15, 0.2) is 200 Å². The maximum absolute atomic E-state index is 12.2.